The molecule has 104 valence electrons. The minimum Gasteiger partial charge on any atom is -0.399 e. The van der Waals surface area contributed by atoms with Gasteiger partial charge in [0.1, 0.15) is 0 Å². The number of amides is 1. The molecule has 0 atom stereocenters. The Labute approximate surface area is 119 Å². The molecule has 0 saturated heterocycles. The molecule has 4 N–H and O–H groups in total. The number of carbonyl (C=O) groups is 1. The molecule has 0 aromatic heterocycles. The summed E-state index contributed by atoms with van der Waals surface area (Å²) in [4.78, 5) is 12.1. The van der Waals surface area contributed by atoms with E-state index < -0.39 is 0 Å². The van der Waals surface area contributed by atoms with Crippen molar-refractivity contribution in [2.75, 3.05) is 17.6 Å². The summed E-state index contributed by atoms with van der Waals surface area (Å²) in [5.74, 6) is -0.130. The Bertz CT molecular complexity index is 623. The molecule has 0 radical (unpaired) electrons. The first-order valence-electron chi connectivity index (χ1n) is 6.61. The third kappa shape index (κ3) is 3.29. The van der Waals surface area contributed by atoms with Gasteiger partial charge in [-0.1, -0.05) is 12.1 Å². The van der Waals surface area contributed by atoms with Crippen molar-refractivity contribution in [3.8, 4) is 0 Å². The first-order valence-corrected chi connectivity index (χ1v) is 6.61. The van der Waals surface area contributed by atoms with Crippen molar-refractivity contribution in [3.63, 3.8) is 0 Å². The van der Waals surface area contributed by atoms with Crippen LogP contribution in [0.2, 0.25) is 0 Å². The first kappa shape index (κ1) is 13.9. The Balaban J connectivity index is 2.33. The van der Waals surface area contributed by atoms with Gasteiger partial charge in [0, 0.05) is 17.9 Å². The van der Waals surface area contributed by atoms with Crippen LogP contribution in [0.15, 0.2) is 42.5 Å². The van der Waals surface area contributed by atoms with Crippen molar-refractivity contribution >= 4 is 23.0 Å². The summed E-state index contributed by atoms with van der Waals surface area (Å²) in [5.41, 5.74) is 9.74. The number of hydrogen-bond donors (Lipinski definition) is 3. The fourth-order valence-corrected chi connectivity index (χ4v) is 1.99. The van der Waals surface area contributed by atoms with E-state index in [-0.39, 0.29) is 5.91 Å². The molecule has 1 amide bonds. The topological polar surface area (TPSA) is 67.2 Å². The van der Waals surface area contributed by atoms with Gasteiger partial charge in [-0.15, -0.1) is 0 Å². The van der Waals surface area contributed by atoms with Gasteiger partial charge in [-0.05, 0) is 49.7 Å². The maximum Gasteiger partial charge on any atom is 0.253 e. The number of nitrogens with two attached hydrogens (primary N) is 1. The number of hydrogen-bond acceptors (Lipinski definition) is 3. The lowest BCUT2D eigenvalue weighted by molar-refractivity contribution is 0.0956. The third-order valence-corrected chi connectivity index (χ3v) is 2.92. The van der Waals surface area contributed by atoms with Gasteiger partial charge in [0.2, 0.25) is 0 Å². The molecule has 2 rings (SSSR count). The smallest absolute Gasteiger partial charge is 0.253 e. The van der Waals surface area contributed by atoms with E-state index in [0.29, 0.717) is 17.8 Å². The molecule has 0 unspecified atom stereocenters. The highest BCUT2D eigenvalue weighted by Gasteiger charge is 2.11. The molecule has 4 nitrogen and oxygen atoms in total. The Morgan fingerprint density at radius 1 is 1.20 bits per heavy atom. The van der Waals surface area contributed by atoms with Gasteiger partial charge in [-0.3, -0.25) is 4.79 Å². The maximum absolute atomic E-state index is 12.1. The molecule has 0 heterocycles. The summed E-state index contributed by atoms with van der Waals surface area (Å²) >= 11 is 0. The number of benzene rings is 2. The second kappa shape index (κ2) is 6.10. The van der Waals surface area contributed by atoms with E-state index in [4.69, 9.17) is 5.73 Å². The average molecular weight is 269 g/mol. The Morgan fingerprint density at radius 2 is 2.00 bits per heavy atom. The highest BCUT2D eigenvalue weighted by Crippen LogP contribution is 2.23. The number of carbonyl (C=O) groups excluding carboxylic acids is 1. The van der Waals surface area contributed by atoms with Crippen LogP contribution in [0.4, 0.5) is 17.1 Å². The van der Waals surface area contributed by atoms with Crippen LogP contribution in [0, 0.1) is 6.92 Å². The molecule has 20 heavy (non-hydrogen) atoms. The summed E-state index contributed by atoms with van der Waals surface area (Å²) in [6.45, 7) is 4.49. The number of anilines is 3. The van der Waals surface area contributed by atoms with Crippen LogP contribution in [-0.2, 0) is 0 Å². The fraction of sp³-hybridized carbons (Fsp3) is 0.188. The van der Waals surface area contributed by atoms with Crippen molar-refractivity contribution < 1.29 is 4.79 Å². The monoisotopic (exact) mass is 269 g/mol. The molecule has 0 saturated carbocycles. The normalized spacial score (nSPS) is 10.1. The lowest BCUT2D eigenvalue weighted by Crippen LogP contribution is -2.23. The molecule has 0 aliphatic heterocycles. The minimum atomic E-state index is -0.130. The van der Waals surface area contributed by atoms with Crippen molar-refractivity contribution in [2.45, 2.75) is 13.8 Å². The van der Waals surface area contributed by atoms with Crippen molar-refractivity contribution in [1.29, 1.82) is 0 Å². The Kier molecular flexibility index (Phi) is 4.25. The molecular weight excluding hydrogens is 250 g/mol. The van der Waals surface area contributed by atoms with Crippen molar-refractivity contribution in [2.24, 2.45) is 0 Å². The van der Waals surface area contributed by atoms with Gasteiger partial charge >= 0.3 is 0 Å². The number of nitrogens with one attached hydrogen (secondary N) is 2. The predicted octanol–water partition coefficient (Wildman–Crippen LogP) is 3.07. The standard InChI is InChI=1S/C16H19N3O/c1-3-18-16(20)14-10-12(17)7-8-15(14)19-13-6-4-5-11(2)9-13/h4-10,19H,3,17H2,1-2H3,(H,18,20). The van der Waals surface area contributed by atoms with Crippen LogP contribution in [0.3, 0.4) is 0 Å². The maximum atomic E-state index is 12.1. The first-order chi connectivity index (χ1) is 9.60. The van der Waals surface area contributed by atoms with Crippen LogP contribution in [0.1, 0.15) is 22.8 Å². The van der Waals surface area contributed by atoms with E-state index in [0.717, 1.165) is 16.9 Å². The lowest BCUT2D eigenvalue weighted by atomic mass is 10.1. The highest BCUT2D eigenvalue weighted by molar-refractivity contribution is 6.01. The molecule has 2 aromatic carbocycles. The molecule has 0 spiro atoms. The zero-order valence-electron chi connectivity index (χ0n) is 11.7. The number of rotatable bonds is 4. The van der Waals surface area contributed by atoms with Gasteiger partial charge in [0.15, 0.2) is 0 Å². The average Bonchev–Trinajstić information content (AvgIpc) is 2.41. The largest absolute Gasteiger partial charge is 0.399 e. The summed E-state index contributed by atoms with van der Waals surface area (Å²) in [7, 11) is 0. The van der Waals surface area contributed by atoms with Crippen molar-refractivity contribution in [3.05, 3.63) is 53.6 Å². The van der Waals surface area contributed by atoms with Gasteiger partial charge in [0.25, 0.3) is 5.91 Å². The number of nitrogen functional groups attached to an aromatic ring is 1. The van der Waals surface area contributed by atoms with Crippen molar-refractivity contribution in [1.82, 2.24) is 5.32 Å². The molecule has 0 fully saturated rings. The SMILES string of the molecule is CCNC(=O)c1cc(N)ccc1Nc1cccc(C)c1. The summed E-state index contributed by atoms with van der Waals surface area (Å²) in [6, 6.07) is 13.3. The second-order valence-corrected chi connectivity index (χ2v) is 4.66. The summed E-state index contributed by atoms with van der Waals surface area (Å²) in [5, 5.41) is 6.06. The van der Waals surface area contributed by atoms with Crippen LogP contribution < -0.4 is 16.4 Å². The second-order valence-electron chi connectivity index (χ2n) is 4.66. The Morgan fingerprint density at radius 3 is 2.70 bits per heavy atom. The quantitative estimate of drug-likeness (QED) is 0.747. The lowest BCUT2D eigenvalue weighted by Gasteiger charge is -2.13. The molecule has 4 heteroatoms. The molecule has 0 aliphatic rings. The summed E-state index contributed by atoms with van der Waals surface area (Å²) in [6.07, 6.45) is 0. The number of aryl methyl sites for hydroxylation is 1. The summed E-state index contributed by atoms with van der Waals surface area (Å²) < 4.78 is 0. The van der Waals surface area contributed by atoms with E-state index in [9.17, 15) is 4.79 Å². The predicted molar refractivity (Wildman–Crippen MR) is 83.3 cm³/mol. The van der Waals surface area contributed by atoms with E-state index in [1.807, 2.05) is 44.2 Å². The van der Waals surface area contributed by atoms with Crippen LogP contribution in [-0.4, -0.2) is 12.5 Å². The fourth-order valence-electron chi connectivity index (χ4n) is 1.99. The van der Waals surface area contributed by atoms with Crippen LogP contribution >= 0.6 is 0 Å². The zero-order chi connectivity index (χ0) is 14.5. The third-order valence-electron chi connectivity index (χ3n) is 2.92. The zero-order valence-corrected chi connectivity index (χ0v) is 11.7. The van der Waals surface area contributed by atoms with E-state index >= 15 is 0 Å². The molecule has 0 aliphatic carbocycles. The molecule has 2 aromatic rings. The van der Waals surface area contributed by atoms with E-state index in [2.05, 4.69) is 10.6 Å². The minimum absolute atomic E-state index is 0.130. The van der Waals surface area contributed by atoms with Gasteiger partial charge < -0.3 is 16.4 Å². The highest BCUT2D eigenvalue weighted by atomic mass is 16.1. The van der Waals surface area contributed by atoms with E-state index in [1.54, 1.807) is 12.1 Å². The Hall–Kier alpha value is -2.49. The van der Waals surface area contributed by atoms with Crippen LogP contribution in [0.5, 0.6) is 0 Å². The van der Waals surface area contributed by atoms with Gasteiger partial charge in [0.05, 0.1) is 11.3 Å². The van der Waals surface area contributed by atoms with E-state index in [1.165, 1.54) is 0 Å². The molecule has 0 bridgehead atoms. The van der Waals surface area contributed by atoms with Gasteiger partial charge in [-0.2, -0.15) is 0 Å². The van der Waals surface area contributed by atoms with Gasteiger partial charge in [-0.25, -0.2) is 0 Å². The van der Waals surface area contributed by atoms with Crippen LogP contribution in [0.25, 0.3) is 0 Å². The molecular formula is C16H19N3O.